The Kier molecular flexibility index (Phi) is 4.79. The molecule has 2 amide bonds. The maximum absolute atomic E-state index is 12.8. The van der Waals surface area contributed by atoms with Gasteiger partial charge in [0.25, 0.3) is 5.91 Å². The number of benzene rings is 1. The number of carbonyl (C=O) groups is 3. The second kappa shape index (κ2) is 6.86. The summed E-state index contributed by atoms with van der Waals surface area (Å²) >= 11 is 0. The predicted octanol–water partition coefficient (Wildman–Crippen LogP) is 2.46. The summed E-state index contributed by atoms with van der Waals surface area (Å²) in [5.41, 5.74) is 1.08. The van der Waals surface area contributed by atoms with Gasteiger partial charge in [0.05, 0.1) is 5.92 Å². The molecule has 4 atom stereocenters. The van der Waals surface area contributed by atoms with Crippen LogP contribution in [0.5, 0.6) is 0 Å². The molecule has 2 aliphatic rings. The molecule has 0 spiro atoms. The number of piperidine rings is 1. The fourth-order valence-corrected chi connectivity index (χ4v) is 3.53. The van der Waals surface area contributed by atoms with Crippen LogP contribution in [0.25, 0.3) is 0 Å². The summed E-state index contributed by atoms with van der Waals surface area (Å²) in [5, 5.41) is 12.1. The third-order valence-corrected chi connectivity index (χ3v) is 5.12. The van der Waals surface area contributed by atoms with Crippen molar-refractivity contribution in [2.24, 2.45) is 23.7 Å². The Balaban J connectivity index is 1.70. The van der Waals surface area contributed by atoms with Gasteiger partial charge in [-0.2, -0.15) is 0 Å². The molecule has 134 valence electrons. The van der Waals surface area contributed by atoms with Crippen LogP contribution in [-0.4, -0.2) is 40.9 Å². The molecule has 1 aromatic carbocycles. The van der Waals surface area contributed by atoms with E-state index in [1.807, 2.05) is 13.8 Å². The van der Waals surface area contributed by atoms with Crippen molar-refractivity contribution in [1.82, 2.24) is 4.90 Å². The molecule has 6 nitrogen and oxygen atoms in total. The first kappa shape index (κ1) is 17.5. The van der Waals surface area contributed by atoms with E-state index in [1.54, 1.807) is 29.2 Å². The average Bonchev–Trinajstić information content (AvgIpc) is 3.31. The highest BCUT2D eigenvalue weighted by Gasteiger charge is 2.39. The van der Waals surface area contributed by atoms with Gasteiger partial charge in [0, 0.05) is 30.3 Å². The van der Waals surface area contributed by atoms with E-state index < -0.39 is 11.9 Å². The molecule has 1 aliphatic carbocycles. The Hall–Kier alpha value is -2.37. The molecule has 1 aromatic rings. The van der Waals surface area contributed by atoms with Crippen molar-refractivity contribution in [3.8, 4) is 0 Å². The standard InChI is InChI=1S/C19H24N2O4/c1-11-6-14(19(24)25)10-21(9-11)18(23)13-4-3-5-15(8-13)20-17(22)16-7-12(16)2/h3-5,8,11-12,14,16H,6-7,9-10H2,1-2H3,(H,20,22)(H,24,25). The lowest BCUT2D eigenvalue weighted by molar-refractivity contribution is -0.143. The van der Waals surface area contributed by atoms with Crippen LogP contribution in [0.2, 0.25) is 0 Å². The number of amides is 2. The van der Waals surface area contributed by atoms with Gasteiger partial charge in [0.2, 0.25) is 5.91 Å². The number of rotatable bonds is 4. The lowest BCUT2D eigenvalue weighted by Gasteiger charge is -2.34. The Morgan fingerprint density at radius 2 is 1.88 bits per heavy atom. The molecule has 4 unspecified atom stereocenters. The van der Waals surface area contributed by atoms with Gasteiger partial charge in [0.15, 0.2) is 0 Å². The van der Waals surface area contributed by atoms with Gasteiger partial charge in [-0.15, -0.1) is 0 Å². The molecule has 1 saturated carbocycles. The number of carboxylic acid groups (broad SMARTS) is 1. The number of nitrogens with zero attached hydrogens (tertiary/aromatic N) is 1. The first-order chi connectivity index (χ1) is 11.8. The number of aliphatic carboxylic acids is 1. The van der Waals surface area contributed by atoms with Crippen molar-refractivity contribution in [3.63, 3.8) is 0 Å². The molecular weight excluding hydrogens is 320 g/mol. The smallest absolute Gasteiger partial charge is 0.308 e. The van der Waals surface area contributed by atoms with Gasteiger partial charge < -0.3 is 15.3 Å². The van der Waals surface area contributed by atoms with Crippen LogP contribution in [-0.2, 0) is 9.59 Å². The number of carboxylic acids is 1. The molecule has 3 rings (SSSR count). The van der Waals surface area contributed by atoms with E-state index in [0.717, 1.165) is 6.42 Å². The quantitative estimate of drug-likeness (QED) is 0.878. The van der Waals surface area contributed by atoms with E-state index in [2.05, 4.69) is 5.32 Å². The molecule has 0 radical (unpaired) electrons. The maximum Gasteiger partial charge on any atom is 0.308 e. The molecule has 0 bridgehead atoms. The minimum atomic E-state index is -0.857. The van der Waals surface area contributed by atoms with Crippen molar-refractivity contribution in [1.29, 1.82) is 0 Å². The highest BCUT2D eigenvalue weighted by Crippen LogP contribution is 2.38. The minimum Gasteiger partial charge on any atom is -0.481 e. The molecule has 2 fully saturated rings. The van der Waals surface area contributed by atoms with Gasteiger partial charge in [-0.1, -0.05) is 19.9 Å². The van der Waals surface area contributed by atoms with Crippen LogP contribution in [0, 0.1) is 23.7 Å². The third-order valence-electron chi connectivity index (χ3n) is 5.12. The van der Waals surface area contributed by atoms with Crippen LogP contribution in [0.3, 0.4) is 0 Å². The summed E-state index contributed by atoms with van der Waals surface area (Å²) in [6.07, 6.45) is 1.50. The largest absolute Gasteiger partial charge is 0.481 e. The number of carbonyl (C=O) groups excluding carboxylic acids is 2. The zero-order valence-corrected chi connectivity index (χ0v) is 14.6. The number of nitrogens with one attached hydrogen (secondary N) is 1. The van der Waals surface area contributed by atoms with Crippen molar-refractivity contribution in [3.05, 3.63) is 29.8 Å². The van der Waals surface area contributed by atoms with Gasteiger partial charge in [-0.05, 0) is 42.9 Å². The summed E-state index contributed by atoms with van der Waals surface area (Å²) in [6.45, 7) is 4.79. The molecule has 25 heavy (non-hydrogen) atoms. The zero-order chi connectivity index (χ0) is 18.1. The summed E-state index contributed by atoms with van der Waals surface area (Å²) < 4.78 is 0. The molecular formula is C19H24N2O4. The van der Waals surface area contributed by atoms with Crippen molar-refractivity contribution in [2.75, 3.05) is 18.4 Å². The van der Waals surface area contributed by atoms with Gasteiger partial charge in [0.1, 0.15) is 0 Å². The van der Waals surface area contributed by atoms with Crippen LogP contribution < -0.4 is 5.32 Å². The van der Waals surface area contributed by atoms with E-state index in [1.165, 1.54) is 0 Å². The Morgan fingerprint density at radius 3 is 2.52 bits per heavy atom. The van der Waals surface area contributed by atoms with Gasteiger partial charge in [-0.3, -0.25) is 14.4 Å². The van der Waals surface area contributed by atoms with E-state index in [0.29, 0.717) is 30.1 Å². The highest BCUT2D eigenvalue weighted by atomic mass is 16.4. The van der Waals surface area contributed by atoms with E-state index in [4.69, 9.17) is 0 Å². The van der Waals surface area contributed by atoms with E-state index >= 15 is 0 Å². The first-order valence-corrected chi connectivity index (χ1v) is 8.78. The topological polar surface area (TPSA) is 86.7 Å². The Bertz CT molecular complexity index is 702. The SMILES string of the molecule is CC1CC(C(=O)O)CN(C(=O)c2cccc(NC(=O)C3CC3C)c2)C1. The lowest BCUT2D eigenvalue weighted by atomic mass is 9.90. The normalized spacial score (nSPS) is 28.3. The van der Waals surface area contributed by atoms with E-state index in [-0.39, 0.29) is 30.2 Å². The number of hydrogen-bond acceptors (Lipinski definition) is 3. The summed E-state index contributed by atoms with van der Waals surface area (Å²) in [6, 6.07) is 6.87. The summed E-state index contributed by atoms with van der Waals surface area (Å²) in [5.74, 6) is -0.927. The van der Waals surface area contributed by atoms with Crippen LogP contribution in [0.15, 0.2) is 24.3 Å². The van der Waals surface area contributed by atoms with Crippen molar-refractivity contribution >= 4 is 23.5 Å². The average molecular weight is 344 g/mol. The van der Waals surface area contributed by atoms with Gasteiger partial charge in [-0.25, -0.2) is 0 Å². The molecule has 1 heterocycles. The van der Waals surface area contributed by atoms with E-state index in [9.17, 15) is 19.5 Å². The Labute approximate surface area is 147 Å². The highest BCUT2D eigenvalue weighted by molar-refractivity contribution is 5.98. The van der Waals surface area contributed by atoms with Gasteiger partial charge >= 0.3 is 5.97 Å². The second-order valence-electron chi connectivity index (χ2n) is 7.48. The summed E-state index contributed by atoms with van der Waals surface area (Å²) in [7, 11) is 0. The van der Waals surface area contributed by atoms with Crippen LogP contribution in [0.4, 0.5) is 5.69 Å². The van der Waals surface area contributed by atoms with Crippen molar-refractivity contribution in [2.45, 2.75) is 26.7 Å². The number of anilines is 1. The molecule has 1 saturated heterocycles. The number of hydrogen-bond donors (Lipinski definition) is 2. The number of likely N-dealkylation sites (tertiary alicyclic amines) is 1. The molecule has 6 heteroatoms. The third kappa shape index (κ3) is 4.00. The molecule has 0 aromatic heterocycles. The lowest BCUT2D eigenvalue weighted by Crippen LogP contribution is -2.45. The van der Waals surface area contributed by atoms with Crippen LogP contribution in [0.1, 0.15) is 37.0 Å². The zero-order valence-electron chi connectivity index (χ0n) is 14.6. The molecule has 2 N–H and O–H groups in total. The fraction of sp³-hybridized carbons (Fsp3) is 0.526. The Morgan fingerprint density at radius 1 is 1.16 bits per heavy atom. The minimum absolute atomic E-state index is 0.00497. The fourth-order valence-electron chi connectivity index (χ4n) is 3.53. The first-order valence-electron chi connectivity index (χ1n) is 8.78. The van der Waals surface area contributed by atoms with Crippen LogP contribution >= 0.6 is 0 Å². The summed E-state index contributed by atoms with van der Waals surface area (Å²) in [4.78, 5) is 37.7. The molecule has 1 aliphatic heterocycles. The predicted molar refractivity (Wildman–Crippen MR) is 93.2 cm³/mol. The maximum atomic E-state index is 12.8. The van der Waals surface area contributed by atoms with Crippen molar-refractivity contribution < 1.29 is 19.5 Å². The monoisotopic (exact) mass is 344 g/mol. The second-order valence-corrected chi connectivity index (χ2v) is 7.48.